The van der Waals surface area contributed by atoms with Crippen LogP contribution in [0.25, 0.3) is 0 Å². The van der Waals surface area contributed by atoms with Gasteiger partial charge in [0, 0.05) is 6.54 Å². The molecule has 2 heteroatoms. The van der Waals surface area contributed by atoms with Gasteiger partial charge >= 0.3 is 0 Å². The average molecular weight is 183 g/mol. The van der Waals surface area contributed by atoms with Crippen molar-refractivity contribution in [2.24, 2.45) is 0 Å². The fraction of sp³-hybridized carbons (Fsp3) is 0.818. The van der Waals surface area contributed by atoms with Gasteiger partial charge in [0.2, 0.25) is 0 Å². The summed E-state index contributed by atoms with van der Waals surface area (Å²) in [5.74, 6) is 0. The van der Waals surface area contributed by atoms with Crippen LogP contribution in [0.4, 0.5) is 0 Å². The zero-order chi connectivity index (χ0) is 9.68. The van der Waals surface area contributed by atoms with Gasteiger partial charge in [0.25, 0.3) is 0 Å². The minimum absolute atomic E-state index is 0.373. The maximum absolute atomic E-state index is 5.74. The lowest BCUT2D eigenvalue weighted by atomic mass is 10.1. The van der Waals surface area contributed by atoms with E-state index in [0.717, 1.165) is 13.0 Å². The molecule has 1 rings (SSSR count). The molecule has 0 saturated carbocycles. The molecular formula is C11H21NO. The normalized spacial score (nSPS) is 29.6. The van der Waals surface area contributed by atoms with Crippen molar-refractivity contribution in [2.45, 2.75) is 45.3 Å². The van der Waals surface area contributed by atoms with Gasteiger partial charge in [-0.2, -0.15) is 0 Å². The fourth-order valence-electron chi connectivity index (χ4n) is 1.75. The highest BCUT2D eigenvalue weighted by Crippen LogP contribution is 2.21. The lowest BCUT2D eigenvalue weighted by Crippen LogP contribution is -2.13. The van der Waals surface area contributed by atoms with E-state index < -0.39 is 0 Å². The first-order valence-electron chi connectivity index (χ1n) is 5.26. The molecule has 0 spiro atoms. The first-order chi connectivity index (χ1) is 6.26. The molecule has 2 nitrogen and oxygen atoms in total. The molecular weight excluding hydrogens is 162 g/mol. The Labute approximate surface area is 81.4 Å². The number of hydrogen-bond donors (Lipinski definition) is 1. The minimum Gasteiger partial charge on any atom is -0.371 e. The Morgan fingerprint density at radius 3 is 2.77 bits per heavy atom. The van der Waals surface area contributed by atoms with Gasteiger partial charge in [0.05, 0.1) is 12.2 Å². The van der Waals surface area contributed by atoms with Crippen LogP contribution in [0, 0.1) is 0 Å². The predicted octanol–water partition coefficient (Wildman–Crippen LogP) is 2.11. The van der Waals surface area contributed by atoms with Gasteiger partial charge in [0.15, 0.2) is 0 Å². The quantitative estimate of drug-likeness (QED) is 0.674. The number of hydrogen-bond acceptors (Lipinski definition) is 2. The van der Waals surface area contributed by atoms with E-state index in [4.69, 9.17) is 4.74 Å². The zero-order valence-corrected chi connectivity index (χ0v) is 8.97. The molecule has 2 unspecified atom stereocenters. The van der Waals surface area contributed by atoms with Crippen molar-refractivity contribution in [2.75, 3.05) is 13.6 Å². The van der Waals surface area contributed by atoms with E-state index in [-0.39, 0.29) is 0 Å². The summed E-state index contributed by atoms with van der Waals surface area (Å²) in [5.41, 5.74) is 1.46. The van der Waals surface area contributed by atoms with Crippen LogP contribution in [0.15, 0.2) is 11.6 Å². The molecule has 1 fully saturated rings. The molecule has 1 saturated heterocycles. The molecule has 13 heavy (non-hydrogen) atoms. The van der Waals surface area contributed by atoms with E-state index in [0.29, 0.717) is 12.2 Å². The second kappa shape index (κ2) is 5.40. The molecule has 1 aliphatic rings. The Balaban J connectivity index is 2.42. The molecule has 0 radical (unpaired) electrons. The Bertz CT molecular complexity index is 177. The summed E-state index contributed by atoms with van der Waals surface area (Å²) in [6.45, 7) is 5.34. The number of likely N-dealkylation sites (N-methyl/N-ethyl adjacent to an activating group) is 1. The molecule has 0 amide bonds. The maximum Gasteiger partial charge on any atom is 0.0763 e. The number of nitrogens with one attached hydrogen (secondary N) is 1. The molecule has 0 aromatic rings. The third-order valence-corrected chi connectivity index (χ3v) is 2.54. The second-order valence-corrected chi connectivity index (χ2v) is 3.77. The van der Waals surface area contributed by atoms with E-state index in [9.17, 15) is 0 Å². The van der Waals surface area contributed by atoms with Gasteiger partial charge < -0.3 is 10.1 Å². The van der Waals surface area contributed by atoms with Crippen LogP contribution in [-0.2, 0) is 4.74 Å². The highest BCUT2D eigenvalue weighted by Gasteiger charge is 2.19. The molecule has 76 valence electrons. The van der Waals surface area contributed by atoms with Gasteiger partial charge in [0.1, 0.15) is 0 Å². The van der Waals surface area contributed by atoms with Crippen molar-refractivity contribution in [1.29, 1.82) is 0 Å². The Hall–Kier alpha value is -0.340. The lowest BCUT2D eigenvalue weighted by Gasteiger charge is -2.09. The van der Waals surface area contributed by atoms with Gasteiger partial charge in [-0.3, -0.25) is 0 Å². The first-order valence-corrected chi connectivity index (χ1v) is 5.26. The summed E-state index contributed by atoms with van der Waals surface area (Å²) in [6.07, 6.45) is 6.63. The molecule has 0 aromatic heterocycles. The Morgan fingerprint density at radius 2 is 2.31 bits per heavy atom. The van der Waals surface area contributed by atoms with E-state index >= 15 is 0 Å². The largest absolute Gasteiger partial charge is 0.371 e. The van der Waals surface area contributed by atoms with Crippen LogP contribution in [-0.4, -0.2) is 25.8 Å². The van der Waals surface area contributed by atoms with Crippen molar-refractivity contribution in [3.63, 3.8) is 0 Å². The molecule has 0 bridgehead atoms. The Kier molecular flexibility index (Phi) is 4.46. The summed E-state index contributed by atoms with van der Waals surface area (Å²) < 4.78 is 5.74. The van der Waals surface area contributed by atoms with Crippen molar-refractivity contribution < 1.29 is 4.74 Å². The predicted molar refractivity (Wildman–Crippen MR) is 55.9 cm³/mol. The maximum atomic E-state index is 5.74. The highest BCUT2D eigenvalue weighted by atomic mass is 16.5. The molecule has 2 atom stereocenters. The summed E-state index contributed by atoms with van der Waals surface area (Å²) in [5, 5.41) is 3.18. The third-order valence-electron chi connectivity index (χ3n) is 2.54. The van der Waals surface area contributed by atoms with Gasteiger partial charge in [-0.05, 0) is 33.2 Å². The third kappa shape index (κ3) is 3.49. The van der Waals surface area contributed by atoms with Crippen molar-refractivity contribution in [3.8, 4) is 0 Å². The van der Waals surface area contributed by atoms with E-state index in [1.807, 2.05) is 7.05 Å². The van der Waals surface area contributed by atoms with Crippen molar-refractivity contribution in [1.82, 2.24) is 5.32 Å². The monoisotopic (exact) mass is 183 g/mol. The van der Waals surface area contributed by atoms with E-state index in [1.54, 1.807) is 0 Å². The first kappa shape index (κ1) is 10.7. The van der Waals surface area contributed by atoms with E-state index in [2.05, 4.69) is 25.2 Å². The summed E-state index contributed by atoms with van der Waals surface area (Å²) in [6, 6.07) is 0. The molecule has 0 aliphatic carbocycles. The SMILES string of the molecule is CCC(=CC1CCC(C)O1)CNC. The lowest BCUT2D eigenvalue weighted by molar-refractivity contribution is 0.0827. The second-order valence-electron chi connectivity index (χ2n) is 3.77. The van der Waals surface area contributed by atoms with Crippen molar-refractivity contribution >= 4 is 0 Å². The van der Waals surface area contributed by atoms with Crippen LogP contribution >= 0.6 is 0 Å². The van der Waals surface area contributed by atoms with Gasteiger partial charge in [-0.25, -0.2) is 0 Å². The van der Waals surface area contributed by atoms with Gasteiger partial charge in [-0.15, -0.1) is 0 Å². The molecule has 1 heterocycles. The number of ether oxygens (including phenoxy) is 1. The topological polar surface area (TPSA) is 21.3 Å². The standard InChI is InChI=1S/C11H21NO/c1-4-10(8-12-3)7-11-6-5-9(2)13-11/h7,9,11-12H,4-6,8H2,1-3H3. The number of rotatable bonds is 4. The van der Waals surface area contributed by atoms with Crippen LogP contribution < -0.4 is 5.32 Å². The van der Waals surface area contributed by atoms with Gasteiger partial charge in [-0.1, -0.05) is 18.6 Å². The molecule has 0 aromatic carbocycles. The van der Waals surface area contributed by atoms with Crippen LogP contribution in [0.1, 0.15) is 33.1 Å². The highest BCUT2D eigenvalue weighted by molar-refractivity contribution is 5.07. The summed E-state index contributed by atoms with van der Waals surface area (Å²) in [7, 11) is 1.99. The van der Waals surface area contributed by atoms with Crippen LogP contribution in [0.5, 0.6) is 0 Å². The van der Waals surface area contributed by atoms with Crippen LogP contribution in [0.3, 0.4) is 0 Å². The molecule has 1 aliphatic heterocycles. The molecule has 1 N–H and O–H groups in total. The Morgan fingerprint density at radius 1 is 1.54 bits per heavy atom. The fourth-order valence-corrected chi connectivity index (χ4v) is 1.75. The van der Waals surface area contributed by atoms with E-state index in [1.165, 1.54) is 18.4 Å². The average Bonchev–Trinajstić information content (AvgIpc) is 2.50. The summed E-state index contributed by atoms with van der Waals surface area (Å²) in [4.78, 5) is 0. The van der Waals surface area contributed by atoms with Crippen LogP contribution in [0.2, 0.25) is 0 Å². The summed E-state index contributed by atoms with van der Waals surface area (Å²) >= 11 is 0. The van der Waals surface area contributed by atoms with Crippen molar-refractivity contribution in [3.05, 3.63) is 11.6 Å². The smallest absolute Gasteiger partial charge is 0.0763 e. The minimum atomic E-state index is 0.373. The zero-order valence-electron chi connectivity index (χ0n) is 8.97.